The molecule has 2 fully saturated rings. The molecule has 2 atom stereocenters. The molecule has 0 bridgehead atoms. The van der Waals surface area contributed by atoms with Crippen LogP contribution in [0.2, 0.25) is 0 Å². The Morgan fingerprint density at radius 3 is 2.72 bits per heavy atom. The Bertz CT molecular complexity index is 875. The molecule has 1 aromatic rings. The largest absolute Gasteiger partial charge is 0.493 e. The van der Waals surface area contributed by atoms with Gasteiger partial charge in [0.2, 0.25) is 5.91 Å². The number of amides is 1. The maximum absolute atomic E-state index is 12.4. The summed E-state index contributed by atoms with van der Waals surface area (Å²) in [5.41, 5.74) is 0.776. The predicted molar refractivity (Wildman–Crippen MR) is 113 cm³/mol. The fourth-order valence-electron chi connectivity index (χ4n) is 3.86. The summed E-state index contributed by atoms with van der Waals surface area (Å²) in [7, 11) is -1.58. The quantitative estimate of drug-likeness (QED) is 0.509. The molecule has 0 radical (unpaired) electrons. The number of methoxy groups -OCH3 is 1. The van der Waals surface area contributed by atoms with Crippen LogP contribution in [-0.4, -0.2) is 69.6 Å². The van der Waals surface area contributed by atoms with Gasteiger partial charge in [-0.05, 0) is 49.7 Å². The Kier molecular flexibility index (Phi) is 6.97. The van der Waals surface area contributed by atoms with Gasteiger partial charge >= 0.3 is 0 Å². The lowest BCUT2D eigenvalue weighted by Crippen LogP contribution is -2.49. The van der Waals surface area contributed by atoms with Gasteiger partial charge in [-0.2, -0.15) is 0 Å². The highest BCUT2D eigenvalue weighted by Crippen LogP contribution is 2.28. The Balaban J connectivity index is 1.64. The second-order valence-electron chi connectivity index (χ2n) is 7.35. The van der Waals surface area contributed by atoms with Crippen molar-refractivity contribution in [2.24, 2.45) is 0 Å². The van der Waals surface area contributed by atoms with E-state index in [-0.39, 0.29) is 29.5 Å². The number of nitrogens with one attached hydrogen (secondary N) is 1. The van der Waals surface area contributed by atoms with Crippen molar-refractivity contribution in [2.75, 3.05) is 38.3 Å². The van der Waals surface area contributed by atoms with E-state index in [1.54, 1.807) is 31.4 Å². The van der Waals surface area contributed by atoms with Crippen LogP contribution in [0.25, 0.3) is 6.08 Å². The minimum atomic E-state index is -3.13. The fourth-order valence-corrected chi connectivity index (χ4v) is 5.81. The van der Waals surface area contributed by atoms with Gasteiger partial charge in [-0.25, -0.2) is 8.42 Å². The van der Waals surface area contributed by atoms with Crippen molar-refractivity contribution >= 4 is 21.8 Å². The van der Waals surface area contributed by atoms with E-state index in [1.165, 1.54) is 6.08 Å². The first-order chi connectivity index (χ1) is 13.9. The number of carbonyl (C=O) groups excluding carboxylic acids is 1. The van der Waals surface area contributed by atoms with Crippen LogP contribution in [0.3, 0.4) is 0 Å². The lowest BCUT2D eigenvalue weighted by Gasteiger charge is -2.28. The molecule has 0 spiro atoms. The number of carbonyl (C=O) groups is 1. The smallest absolute Gasteiger partial charge is 0.244 e. The Labute approximate surface area is 172 Å². The van der Waals surface area contributed by atoms with E-state index < -0.39 is 9.84 Å². The average molecular weight is 421 g/mol. The normalized spacial score (nSPS) is 23.9. The van der Waals surface area contributed by atoms with Gasteiger partial charge in [0.05, 0.1) is 24.7 Å². The standard InChI is InChI=1S/C21H28N2O5S/c1-3-12-28-19-8-6-16(13-20(19)27-2)7-9-21(24)22-17-14-29(25,26)15-18(17)23-10-4-5-11-23/h3,6-9,13,17-18H,1,4-5,10-12,14-15H2,2H3,(H,22,24)/b9-7+. The molecule has 0 aliphatic carbocycles. The van der Waals surface area contributed by atoms with E-state index in [0.29, 0.717) is 18.1 Å². The van der Waals surface area contributed by atoms with E-state index in [1.807, 2.05) is 6.07 Å². The highest BCUT2D eigenvalue weighted by atomic mass is 32.2. The molecule has 1 amide bonds. The van der Waals surface area contributed by atoms with Gasteiger partial charge in [0.25, 0.3) is 0 Å². The molecule has 2 unspecified atom stereocenters. The summed E-state index contributed by atoms with van der Waals surface area (Å²) < 4.78 is 35.1. The molecule has 8 heteroatoms. The average Bonchev–Trinajstić information content (AvgIpc) is 3.32. The summed E-state index contributed by atoms with van der Waals surface area (Å²) in [5, 5.41) is 2.89. The SMILES string of the molecule is C=CCOc1ccc(/C=C/C(=O)NC2CS(=O)(=O)CC2N2CCCC2)cc1OC. The van der Waals surface area contributed by atoms with E-state index in [0.717, 1.165) is 31.5 Å². The first-order valence-corrected chi connectivity index (χ1v) is 11.6. The van der Waals surface area contributed by atoms with Crippen molar-refractivity contribution in [2.45, 2.75) is 24.9 Å². The van der Waals surface area contributed by atoms with Crippen LogP contribution in [0.15, 0.2) is 36.9 Å². The molecule has 2 heterocycles. The first kappa shape index (κ1) is 21.4. The molecule has 2 aliphatic heterocycles. The molecule has 1 N–H and O–H groups in total. The molecule has 2 aliphatic rings. The molecular weight excluding hydrogens is 392 g/mol. The Morgan fingerprint density at radius 1 is 1.28 bits per heavy atom. The predicted octanol–water partition coefficient (Wildman–Crippen LogP) is 1.65. The molecule has 0 saturated carbocycles. The zero-order valence-electron chi connectivity index (χ0n) is 16.7. The molecule has 7 nitrogen and oxygen atoms in total. The lowest BCUT2D eigenvalue weighted by atomic mass is 10.1. The summed E-state index contributed by atoms with van der Waals surface area (Å²) in [6.07, 6.45) is 6.89. The highest BCUT2D eigenvalue weighted by Gasteiger charge is 2.42. The zero-order valence-corrected chi connectivity index (χ0v) is 17.5. The summed E-state index contributed by atoms with van der Waals surface area (Å²) in [4.78, 5) is 14.6. The second-order valence-corrected chi connectivity index (χ2v) is 9.50. The number of nitrogens with zero attached hydrogens (tertiary/aromatic N) is 1. The number of hydrogen-bond donors (Lipinski definition) is 1. The second kappa shape index (κ2) is 9.45. The van der Waals surface area contributed by atoms with Crippen LogP contribution in [0, 0.1) is 0 Å². The third kappa shape index (κ3) is 5.61. The maximum Gasteiger partial charge on any atom is 0.244 e. The van der Waals surface area contributed by atoms with Crippen molar-refractivity contribution < 1.29 is 22.7 Å². The highest BCUT2D eigenvalue weighted by molar-refractivity contribution is 7.91. The third-order valence-electron chi connectivity index (χ3n) is 5.23. The number of benzene rings is 1. The topological polar surface area (TPSA) is 84.9 Å². The minimum Gasteiger partial charge on any atom is -0.493 e. The summed E-state index contributed by atoms with van der Waals surface area (Å²) in [6, 6.07) is 4.85. The Morgan fingerprint density at radius 2 is 2.03 bits per heavy atom. The van der Waals surface area contributed by atoms with Crippen molar-refractivity contribution in [1.82, 2.24) is 10.2 Å². The Hall–Kier alpha value is -2.32. The van der Waals surface area contributed by atoms with Crippen LogP contribution < -0.4 is 14.8 Å². The van der Waals surface area contributed by atoms with E-state index >= 15 is 0 Å². The van der Waals surface area contributed by atoms with Crippen LogP contribution in [0.1, 0.15) is 18.4 Å². The van der Waals surface area contributed by atoms with Gasteiger partial charge in [-0.3, -0.25) is 9.69 Å². The monoisotopic (exact) mass is 420 g/mol. The molecular formula is C21H28N2O5S. The fraction of sp³-hybridized carbons (Fsp3) is 0.476. The number of sulfone groups is 1. The molecule has 29 heavy (non-hydrogen) atoms. The maximum atomic E-state index is 12.4. The van der Waals surface area contributed by atoms with Crippen molar-refractivity contribution in [1.29, 1.82) is 0 Å². The summed E-state index contributed by atoms with van der Waals surface area (Å²) in [6.45, 7) is 5.77. The van der Waals surface area contributed by atoms with Crippen LogP contribution in [0.5, 0.6) is 11.5 Å². The number of hydrogen-bond acceptors (Lipinski definition) is 6. The summed E-state index contributed by atoms with van der Waals surface area (Å²) >= 11 is 0. The van der Waals surface area contributed by atoms with Crippen molar-refractivity contribution in [3.05, 3.63) is 42.5 Å². The van der Waals surface area contributed by atoms with Crippen LogP contribution in [-0.2, 0) is 14.6 Å². The van der Waals surface area contributed by atoms with Crippen molar-refractivity contribution in [3.8, 4) is 11.5 Å². The van der Waals surface area contributed by atoms with Gasteiger partial charge in [-0.15, -0.1) is 0 Å². The minimum absolute atomic E-state index is 0.00307. The van der Waals surface area contributed by atoms with Gasteiger partial charge in [0, 0.05) is 12.1 Å². The lowest BCUT2D eigenvalue weighted by molar-refractivity contribution is -0.117. The van der Waals surface area contributed by atoms with Gasteiger partial charge in [0.1, 0.15) is 6.61 Å². The molecule has 0 aromatic heterocycles. The van der Waals surface area contributed by atoms with E-state index in [9.17, 15) is 13.2 Å². The van der Waals surface area contributed by atoms with E-state index in [2.05, 4.69) is 16.8 Å². The van der Waals surface area contributed by atoms with Crippen LogP contribution in [0.4, 0.5) is 0 Å². The summed E-state index contributed by atoms with van der Waals surface area (Å²) in [5.74, 6) is 0.966. The zero-order chi connectivity index (χ0) is 20.9. The van der Waals surface area contributed by atoms with Crippen LogP contribution >= 0.6 is 0 Å². The molecule has 3 rings (SSSR count). The molecule has 1 aromatic carbocycles. The molecule has 2 saturated heterocycles. The molecule has 158 valence electrons. The number of ether oxygens (including phenoxy) is 2. The number of rotatable bonds is 8. The third-order valence-corrected chi connectivity index (χ3v) is 6.95. The number of likely N-dealkylation sites (tertiary alicyclic amines) is 1. The van der Waals surface area contributed by atoms with Gasteiger partial charge in [-0.1, -0.05) is 18.7 Å². The van der Waals surface area contributed by atoms with Gasteiger partial charge in [0.15, 0.2) is 21.3 Å². The van der Waals surface area contributed by atoms with E-state index in [4.69, 9.17) is 9.47 Å². The first-order valence-electron chi connectivity index (χ1n) is 9.76. The van der Waals surface area contributed by atoms with Gasteiger partial charge < -0.3 is 14.8 Å². The van der Waals surface area contributed by atoms with Crippen molar-refractivity contribution in [3.63, 3.8) is 0 Å².